The molecule has 0 radical (unpaired) electrons. The van der Waals surface area contributed by atoms with E-state index in [1.807, 2.05) is 25.3 Å². The van der Waals surface area contributed by atoms with E-state index in [1.54, 1.807) is 17.7 Å². The van der Waals surface area contributed by atoms with Crippen molar-refractivity contribution in [1.29, 1.82) is 0 Å². The summed E-state index contributed by atoms with van der Waals surface area (Å²) in [5, 5.41) is 9.95. The molecule has 0 bridgehead atoms. The topological polar surface area (TPSA) is 57.0 Å². The van der Waals surface area contributed by atoms with Crippen molar-refractivity contribution in [3.8, 4) is 5.00 Å². The van der Waals surface area contributed by atoms with Crippen molar-refractivity contribution in [3.63, 3.8) is 0 Å². The summed E-state index contributed by atoms with van der Waals surface area (Å²) in [7, 11) is 0. The lowest BCUT2D eigenvalue weighted by Crippen LogP contribution is -2.30. The van der Waals surface area contributed by atoms with E-state index in [0.29, 0.717) is 17.7 Å². The van der Waals surface area contributed by atoms with Gasteiger partial charge in [0.15, 0.2) is 5.16 Å². The summed E-state index contributed by atoms with van der Waals surface area (Å²) in [6.45, 7) is 5.87. The van der Waals surface area contributed by atoms with Gasteiger partial charge in [0, 0.05) is 9.35 Å². The highest BCUT2D eigenvalue weighted by atomic mass is 79.9. The van der Waals surface area contributed by atoms with E-state index in [9.17, 15) is 4.79 Å². The van der Waals surface area contributed by atoms with Crippen molar-refractivity contribution in [3.05, 3.63) is 21.7 Å². The van der Waals surface area contributed by atoms with Gasteiger partial charge in [-0.25, -0.2) is 0 Å². The predicted molar refractivity (Wildman–Crippen MR) is 95.5 cm³/mol. The second-order valence-corrected chi connectivity index (χ2v) is 9.39. The van der Waals surface area contributed by atoms with Gasteiger partial charge in [-0.05, 0) is 61.5 Å². The van der Waals surface area contributed by atoms with Crippen LogP contribution in [0.1, 0.15) is 44.4 Å². The number of halogens is 1. The maximum absolute atomic E-state index is 12.1. The van der Waals surface area contributed by atoms with E-state index in [2.05, 4.69) is 32.2 Å². The highest BCUT2D eigenvalue weighted by Crippen LogP contribution is 2.48. The van der Waals surface area contributed by atoms with Crippen LogP contribution < -0.4 is 0 Å². The fourth-order valence-corrected chi connectivity index (χ4v) is 5.25. The van der Waals surface area contributed by atoms with Crippen LogP contribution in [0.15, 0.2) is 22.0 Å². The zero-order chi connectivity index (χ0) is 16.6. The molecule has 0 aliphatic heterocycles. The van der Waals surface area contributed by atoms with Crippen molar-refractivity contribution in [2.45, 2.75) is 49.4 Å². The molecule has 0 amide bonds. The predicted octanol–water partition coefficient (Wildman–Crippen LogP) is 4.40. The van der Waals surface area contributed by atoms with Gasteiger partial charge in [-0.15, -0.1) is 21.5 Å². The van der Waals surface area contributed by atoms with Crippen LogP contribution in [0.5, 0.6) is 0 Å². The van der Waals surface area contributed by atoms with Crippen molar-refractivity contribution in [1.82, 2.24) is 14.8 Å². The Kier molecular flexibility index (Phi) is 4.85. The largest absolute Gasteiger partial charge is 0.465 e. The minimum absolute atomic E-state index is 0.245. The first kappa shape index (κ1) is 17.0. The number of thiophene rings is 1. The highest BCUT2D eigenvalue weighted by molar-refractivity contribution is 9.10. The number of carbonyl (C=O) groups excluding carboxylic acids is 1. The Morgan fingerprint density at radius 2 is 2.30 bits per heavy atom. The summed E-state index contributed by atoms with van der Waals surface area (Å²) in [6, 6.07) is 2.10. The van der Waals surface area contributed by atoms with Gasteiger partial charge >= 0.3 is 5.97 Å². The molecule has 2 aromatic heterocycles. The zero-order valence-electron chi connectivity index (χ0n) is 13.2. The first-order valence-corrected chi connectivity index (χ1v) is 9.91. The average Bonchev–Trinajstić information content (AvgIpc) is 3.11. The Labute approximate surface area is 152 Å². The first-order chi connectivity index (χ1) is 10.9. The number of carbonyl (C=O) groups is 1. The van der Waals surface area contributed by atoms with E-state index in [0.717, 1.165) is 9.47 Å². The Morgan fingerprint density at radius 1 is 1.57 bits per heavy atom. The molecule has 1 aliphatic carbocycles. The fourth-order valence-electron chi connectivity index (χ4n) is 2.13. The second-order valence-electron chi connectivity index (χ2n) is 5.89. The molecule has 0 atom stereocenters. The van der Waals surface area contributed by atoms with Crippen molar-refractivity contribution >= 4 is 45.0 Å². The summed E-state index contributed by atoms with van der Waals surface area (Å²) >= 11 is 6.77. The van der Waals surface area contributed by atoms with Crippen LogP contribution in [0.2, 0.25) is 0 Å². The van der Waals surface area contributed by atoms with Crippen molar-refractivity contribution < 1.29 is 9.53 Å². The molecule has 5 nitrogen and oxygen atoms in total. The Morgan fingerprint density at radius 3 is 2.96 bits per heavy atom. The number of hydrogen-bond donors (Lipinski definition) is 0. The third-order valence-electron chi connectivity index (χ3n) is 3.52. The normalized spacial score (nSPS) is 15.0. The Balaban J connectivity index is 1.85. The third kappa shape index (κ3) is 3.64. The number of esters is 1. The standard InChI is InChI=1S/C15H18BrN3O2S2/c1-4-21-13(20)15(2,3)23-14-18-17-8-19(14)11-7-10(16)12(22-11)9-5-6-9/h7-9H,4-6H2,1-3H3. The van der Waals surface area contributed by atoms with Gasteiger partial charge in [0.05, 0.1) is 6.61 Å². The van der Waals surface area contributed by atoms with Crippen LogP contribution >= 0.6 is 39.0 Å². The lowest BCUT2D eigenvalue weighted by atomic mass is 10.2. The summed E-state index contributed by atoms with van der Waals surface area (Å²) < 4.78 is 7.51. The molecule has 0 spiro atoms. The van der Waals surface area contributed by atoms with Crippen LogP contribution in [-0.2, 0) is 9.53 Å². The summed E-state index contributed by atoms with van der Waals surface area (Å²) in [5.41, 5.74) is 0. The molecule has 2 aromatic rings. The van der Waals surface area contributed by atoms with Gasteiger partial charge in [-0.3, -0.25) is 9.36 Å². The lowest BCUT2D eigenvalue weighted by Gasteiger charge is -2.20. The SMILES string of the molecule is CCOC(=O)C(C)(C)Sc1nncn1-c1cc(Br)c(C2CC2)s1. The highest BCUT2D eigenvalue weighted by Gasteiger charge is 2.33. The fraction of sp³-hybridized carbons (Fsp3) is 0.533. The number of hydrogen-bond acceptors (Lipinski definition) is 6. The quantitative estimate of drug-likeness (QED) is 0.516. The monoisotopic (exact) mass is 415 g/mol. The van der Waals surface area contributed by atoms with Gasteiger partial charge < -0.3 is 4.74 Å². The summed E-state index contributed by atoms with van der Waals surface area (Å²) in [4.78, 5) is 13.5. The molecule has 0 unspecified atom stereocenters. The van der Waals surface area contributed by atoms with Crippen LogP contribution in [0.3, 0.4) is 0 Å². The lowest BCUT2D eigenvalue weighted by molar-refractivity contribution is -0.145. The molecule has 1 aliphatic rings. The number of thioether (sulfide) groups is 1. The number of rotatable bonds is 6. The molecule has 0 N–H and O–H groups in total. The van der Waals surface area contributed by atoms with Crippen LogP contribution in [-0.4, -0.2) is 32.1 Å². The Hall–Kier alpha value is -0.860. The van der Waals surface area contributed by atoms with E-state index in [4.69, 9.17) is 4.74 Å². The Bertz CT molecular complexity index is 722. The van der Waals surface area contributed by atoms with E-state index in [1.165, 1.54) is 29.5 Å². The number of ether oxygens (including phenoxy) is 1. The molecule has 23 heavy (non-hydrogen) atoms. The second kappa shape index (κ2) is 6.57. The molecule has 1 saturated carbocycles. The molecule has 124 valence electrons. The van der Waals surface area contributed by atoms with E-state index in [-0.39, 0.29) is 5.97 Å². The maximum Gasteiger partial charge on any atom is 0.322 e. The maximum atomic E-state index is 12.1. The van der Waals surface area contributed by atoms with Gasteiger partial charge in [-0.1, -0.05) is 11.8 Å². The van der Waals surface area contributed by atoms with Gasteiger partial charge in [0.1, 0.15) is 16.1 Å². The van der Waals surface area contributed by atoms with Crippen molar-refractivity contribution in [2.75, 3.05) is 6.61 Å². The van der Waals surface area contributed by atoms with Crippen LogP contribution in [0.25, 0.3) is 5.00 Å². The third-order valence-corrected chi connectivity index (χ3v) is 6.87. The van der Waals surface area contributed by atoms with Gasteiger partial charge in [-0.2, -0.15) is 0 Å². The van der Waals surface area contributed by atoms with Gasteiger partial charge in [0.25, 0.3) is 0 Å². The number of nitrogens with zero attached hydrogens (tertiary/aromatic N) is 3. The molecule has 8 heteroatoms. The van der Waals surface area contributed by atoms with Crippen LogP contribution in [0.4, 0.5) is 0 Å². The molecule has 0 aromatic carbocycles. The average molecular weight is 416 g/mol. The smallest absolute Gasteiger partial charge is 0.322 e. The molecular weight excluding hydrogens is 398 g/mol. The zero-order valence-corrected chi connectivity index (χ0v) is 16.4. The van der Waals surface area contributed by atoms with E-state index < -0.39 is 4.75 Å². The summed E-state index contributed by atoms with van der Waals surface area (Å²) in [6.07, 6.45) is 4.22. The van der Waals surface area contributed by atoms with Crippen molar-refractivity contribution in [2.24, 2.45) is 0 Å². The van der Waals surface area contributed by atoms with E-state index >= 15 is 0 Å². The first-order valence-electron chi connectivity index (χ1n) is 7.48. The van der Waals surface area contributed by atoms with Crippen LogP contribution in [0, 0.1) is 0 Å². The number of aromatic nitrogens is 3. The molecule has 0 saturated heterocycles. The molecule has 2 heterocycles. The minimum Gasteiger partial charge on any atom is -0.465 e. The molecule has 3 rings (SSSR count). The van der Waals surface area contributed by atoms with Gasteiger partial charge in [0.2, 0.25) is 0 Å². The summed E-state index contributed by atoms with van der Waals surface area (Å²) in [5.74, 6) is 0.442. The molecular formula is C15H18BrN3O2S2. The molecule has 1 fully saturated rings. The minimum atomic E-state index is -0.714.